The molecule has 4 atom stereocenters. The fourth-order valence-electron chi connectivity index (χ4n) is 4.02. The molecule has 0 spiro atoms. The molecule has 28 heteroatoms. The Morgan fingerprint density at radius 3 is 0.554 bits per heavy atom. The summed E-state index contributed by atoms with van der Waals surface area (Å²) >= 11 is 0. The van der Waals surface area contributed by atoms with Gasteiger partial charge in [-0.1, -0.05) is 77.0 Å². The van der Waals surface area contributed by atoms with Crippen LogP contribution in [0.1, 0.15) is 77.0 Å². The molecular weight excluding hydrogens is 923 g/mol. The molecule has 4 aliphatic rings. The molecule has 4 saturated heterocycles. The molecule has 4 aliphatic heterocycles. The number of aliphatic hydroxyl groups excluding tert-OH is 8. The van der Waals surface area contributed by atoms with Crippen molar-refractivity contribution in [1.82, 2.24) is 0 Å². The predicted molar refractivity (Wildman–Crippen MR) is 202 cm³/mol. The van der Waals surface area contributed by atoms with Gasteiger partial charge in [-0.2, -0.15) is 0 Å². The van der Waals surface area contributed by atoms with E-state index < -0.39 is 0 Å². The summed E-state index contributed by atoms with van der Waals surface area (Å²) in [7, 11) is 4.00. The van der Waals surface area contributed by atoms with Crippen molar-refractivity contribution < 1.29 is 107 Å². The number of nitrogens with zero attached hydrogens (tertiary/aromatic N) is 12. The van der Waals surface area contributed by atoms with Gasteiger partial charge < -0.3 is 62.1 Å². The predicted octanol–water partition coefficient (Wildman–Crippen LogP) is 5.55. The van der Waals surface area contributed by atoms with Gasteiger partial charge in [0.15, 0.2) is 0 Å². The maximum absolute atomic E-state index is 8.60. The zero-order valence-electron chi connectivity index (χ0n) is 32.7. The molecule has 24 nitrogen and oxygen atoms in total. The average molecular weight is 992 g/mol. The smallest absolute Gasteiger partial charge is 0.658 e. The Morgan fingerprint density at radius 2 is 0.500 bits per heavy atom. The van der Waals surface area contributed by atoms with Gasteiger partial charge in [0.2, 0.25) is 0 Å². The Morgan fingerprint density at radius 1 is 0.375 bits per heavy atom. The normalized spacial score (nSPS) is 18.4. The first kappa shape index (κ1) is 86.5. The van der Waals surface area contributed by atoms with Crippen molar-refractivity contribution in [2.45, 2.75) is 101 Å². The quantitative estimate of drug-likeness (QED) is 0.0732. The van der Waals surface area contributed by atoms with Crippen LogP contribution in [0.2, 0.25) is 0 Å². The Labute approximate surface area is 372 Å². The van der Waals surface area contributed by atoms with E-state index in [1.54, 1.807) is 19.6 Å². The summed E-state index contributed by atoms with van der Waals surface area (Å²) in [6, 6.07) is 1.07. The van der Waals surface area contributed by atoms with Crippen molar-refractivity contribution in [2.24, 2.45) is 0 Å². The molecule has 12 N–H and O–H groups in total. The molecule has 4 heterocycles. The van der Waals surface area contributed by atoms with Crippen molar-refractivity contribution in [3.8, 4) is 0 Å². The van der Waals surface area contributed by atoms with Crippen LogP contribution in [0, 0.1) is 22.1 Å². The zero-order chi connectivity index (χ0) is 42.1. The minimum absolute atomic E-state index is 0. The number of nitrogens with one attached hydrogen (secondary N) is 4. The van der Waals surface area contributed by atoms with Gasteiger partial charge in [0.25, 0.3) is 0 Å². The SMILES string of the molecule is CO.CO.CO.CO.OCC1CCCC[N-]1.OCC1CCCC[N-]1.OCC1CCCC[N-]1.OCC1CCCC[N-]1.[N-]=[N+]=N.[N-]=[N+]=N.[N-]=[N+]=N.[N-]=[N+]=N.[Ni+2].[Ni+2].[Ni+2].[Ni+2]. The number of piperidine rings is 4. The van der Waals surface area contributed by atoms with E-state index in [0.29, 0.717) is 0 Å². The maximum Gasteiger partial charge on any atom is 2.00 e. The van der Waals surface area contributed by atoms with Crippen molar-refractivity contribution in [3.05, 3.63) is 63.0 Å². The molecule has 4 unspecified atom stereocenters. The Kier molecular flexibility index (Phi) is 154. The molecule has 0 aliphatic carbocycles. The van der Waals surface area contributed by atoms with Gasteiger partial charge in [-0.3, -0.25) is 0 Å². The van der Waals surface area contributed by atoms with Crippen LogP contribution in [-0.4, -0.2) is 146 Å². The molecule has 56 heavy (non-hydrogen) atoms. The summed E-state index contributed by atoms with van der Waals surface area (Å²) in [4.78, 5) is 7.00. The second-order valence-electron chi connectivity index (χ2n) is 9.35. The van der Waals surface area contributed by atoms with Crippen molar-refractivity contribution in [2.75, 3.05) is 81.0 Å². The molecule has 0 bridgehead atoms. The first-order chi connectivity index (χ1) is 25.4. The monoisotopic (exact) mass is 988 g/mol. The third kappa shape index (κ3) is 94.1. The van der Waals surface area contributed by atoms with Crippen LogP contribution in [0.15, 0.2) is 0 Å². The van der Waals surface area contributed by atoms with Crippen LogP contribution < -0.4 is 0 Å². The fraction of sp³-hybridized carbons (Fsp3) is 1.00. The van der Waals surface area contributed by atoms with Crippen LogP contribution in [0.5, 0.6) is 0 Å². The van der Waals surface area contributed by atoms with Gasteiger partial charge >= 0.3 is 66.0 Å². The van der Waals surface area contributed by atoms with E-state index in [-0.39, 0.29) is 117 Å². The number of rotatable bonds is 4. The molecule has 344 valence electrons. The largest absolute Gasteiger partial charge is 2.00 e. The van der Waals surface area contributed by atoms with Crippen molar-refractivity contribution in [1.29, 1.82) is 22.1 Å². The minimum atomic E-state index is 0. The summed E-state index contributed by atoms with van der Waals surface area (Å²) in [6.45, 7) is 4.85. The Bertz CT molecular complexity index is 619. The third-order valence-electron chi connectivity index (χ3n) is 6.17. The summed E-state index contributed by atoms with van der Waals surface area (Å²) in [5, 5.41) is 79.2. The van der Waals surface area contributed by atoms with Gasteiger partial charge in [0.05, 0.1) is 0 Å². The first-order valence-corrected chi connectivity index (χ1v) is 16.3. The Balaban J connectivity index is -0.0000000392. The average Bonchev–Trinajstić information content (AvgIpc) is 3.24. The van der Waals surface area contributed by atoms with Crippen LogP contribution in [0.3, 0.4) is 0 Å². The third-order valence-corrected chi connectivity index (χ3v) is 6.17. The first-order valence-electron chi connectivity index (χ1n) is 16.3. The summed E-state index contributed by atoms with van der Waals surface area (Å²) in [6.07, 6.45) is 14.2. The van der Waals surface area contributed by atoms with Crippen molar-refractivity contribution >= 4 is 0 Å². The number of aliphatic hydroxyl groups is 8. The van der Waals surface area contributed by atoms with Crippen LogP contribution in [-0.2, 0) is 66.0 Å². The summed E-state index contributed by atoms with van der Waals surface area (Å²) < 4.78 is 0. The van der Waals surface area contributed by atoms with Gasteiger partial charge in [-0.05, 0) is 41.8 Å². The molecule has 4 rings (SSSR count). The molecule has 0 aromatic heterocycles. The van der Waals surface area contributed by atoms with Gasteiger partial charge in [0, 0.05) is 54.9 Å². The van der Waals surface area contributed by atoms with E-state index in [4.69, 9.17) is 85.1 Å². The maximum atomic E-state index is 8.60. The number of hydrogen-bond acceptors (Lipinski definition) is 12. The molecule has 0 aromatic rings. The van der Waals surface area contributed by atoms with Gasteiger partial charge in [-0.25, -0.2) is 0 Å². The standard InChI is InChI=1S/4C6H12NO.4CH4O.4HN3.4Ni/c4*8-5-6-3-1-2-4-7-6;4*1-2;4*1-3-2;;;;/h4*6,8H,1-5H2;4*2H,1H3;4*1H;;;;/q4*-1;;;;;;;;;4*+2. The molecule has 0 amide bonds. The van der Waals surface area contributed by atoms with Gasteiger partial charge in [-0.15, -0.1) is 72.5 Å². The van der Waals surface area contributed by atoms with E-state index >= 15 is 0 Å². The van der Waals surface area contributed by atoms with Crippen LogP contribution >= 0.6 is 0 Å². The van der Waals surface area contributed by atoms with E-state index in [1.165, 1.54) is 51.4 Å². The second-order valence-corrected chi connectivity index (χ2v) is 9.35. The zero-order valence-corrected chi connectivity index (χ0v) is 36.6. The molecular formula is C28H68N16Ni4O8+4. The molecule has 4 fully saturated rings. The summed E-state index contributed by atoms with van der Waals surface area (Å²) in [5.41, 5.74) is 49.0. The Hall–Kier alpha value is -1.27. The van der Waals surface area contributed by atoms with E-state index in [2.05, 4.69) is 21.3 Å². The second kappa shape index (κ2) is 99.6. The van der Waals surface area contributed by atoms with Crippen molar-refractivity contribution in [3.63, 3.8) is 0 Å². The van der Waals surface area contributed by atoms with Crippen LogP contribution in [0.4, 0.5) is 0 Å². The van der Waals surface area contributed by atoms with E-state index in [1.807, 2.05) is 0 Å². The molecule has 0 aromatic carbocycles. The summed E-state index contributed by atoms with van der Waals surface area (Å²) in [5.74, 6) is 0. The van der Waals surface area contributed by atoms with E-state index in [9.17, 15) is 0 Å². The minimum Gasteiger partial charge on any atom is -0.658 e. The topological polar surface area (TPSA) is 459 Å². The molecule has 0 radical (unpaired) electrons. The fourth-order valence-corrected chi connectivity index (χ4v) is 4.02. The van der Waals surface area contributed by atoms with E-state index in [0.717, 1.165) is 80.3 Å². The van der Waals surface area contributed by atoms with Crippen LogP contribution in [0.25, 0.3) is 63.0 Å². The molecule has 0 saturated carbocycles. The number of hydrogen-bond donors (Lipinski definition) is 12. The van der Waals surface area contributed by atoms with Gasteiger partial charge in [0.1, 0.15) is 0 Å².